The van der Waals surface area contributed by atoms with Gasteiger partial charge in [-0.3, -0.25) is 4.79 Å². The van der Waals surface area contributed by atoms with E-state index < -0.39 is 12.0 Å². The molecule has 1 aromatic rings. The molecule has 0 spiro atoms. The molecule has 1 unspecified atom stereocenters. The fourth-order valence-electron chi connectivity index (χ4n) is 1.29. The van der Waals surface area contributed by atoms with Crippen molar-refractivity contribution in [2.45, 2.75) is 19.4 Å². The number of carbonyl (C=O) groups excluding carboxylic acids is 1. The van der Waals surface area contributed by atoms with Crippen molar-refractivity contribution in [2.24, 2.45) is 5.73 Å². The normalized spacial score (nSPS) is 12.3. The van der Waals surface area contributed by atoms with Gasteiger partial charge in [-0.1, -0.05) is 12.1 Å². The van der Waals surface area contributed by atoms with E-state index in [0.29, 0.717) is 5.56 Å². The third-order valence-electron chi connectivity index (χ3n) is 2.15. The van der Waals surface area contributed by atoms with Crippen LogP contribution in [0.5, 0.6) is 0 Å². The molecule has 0 aliphatic heterocycles. The van der Waals surface area contributed by atoms with Crippen LogP contribution in [-0.4, -0.2) is 19.1 Å². The molecule has 0 fully saturated rings. The van der Waals surface area contributed by atoms with Crippen LogP contribution >= 0.6 is 0 Å². The Bertz CT molecular complexity index is 366. The molecule has 1 rings (SSSR count). The Labute approximate surface area is 88.0 Å². The largest absolute Gasteiger partial charge is 0.468 e. The van der Waals surface area contributed by atoms with Gasteiger partial charge in [-0.15, -0.1) is 0 Å². The van der Waals surface area contributed by atoms with Gasteiger partial charge in [-0.05, 0) is 24.1 Å². The lowest BCUT2D eigenvalue weighted by atomic mass is 10.0. The maximum Gasteiger partial charge on any atom is 0.322 e. The lowest BCUT2D eigenvalue weighted by Gasteiger charge is -2.10. The van der Waals surface area contributed by atoms with E-state index in [4.69, 9.17) is 5.73 Å². The number of ether oxygens (including phenoxy) is 1. The summed E-state index contributed by atoms with van der Waals surface area (Å²) < 4.78 is 17.8. The first-order valence-electron chi connectivity index (χ1n) is 4.63. The van der Waals surface area contributed by atoms with Crippen molar-refractivity contribution in [3.8, 4) is 0 Å². The number of aryl methyl sites for hydroxylation is 1. The number of carbonyl (C=O) groups is 1. The van der Waals surface area contributed by atoms with Crippen molar-refractivity contribution in [1.29, 1.82) is 0 Å². The van der Waals surface area contributed by atoms with Crippen LogP contribution in [-0.2, 0) is 16.0 Å². The first-order chi connectivity index (χ1) is 7.04. The van der Waals surface area contributed by atoms with Gasteiger partial charge in [0.1, 0.15) is 11.9 Å². The number of benzene rings is 1. The molecular weight excluding hydrogens is 197 g/mol. The second-order valence-electron chi connectivity index (χ2n) is 3.43. The molecule has 0 aliphatic carbocycles. The topological polar surface area (TPSA) is 52.3 Å². The monoisotopic (exact) mass is 211 g/mol. The van der Waals surface area contributed by atoms with Gasteiger partial charge in [0.05, 0.1) is 7.11 Å². The van der Waals surface area contributed by atoms with Gasteiger partial charge in [0.25, 0.3) is 0 Å². The molecule has 0 radical (unpaired) electrons. The molecule has 0 aromatic heterocycles. The molecule has 4 heteroatoms. The summed E-state index contributed by atoms with van der Waals surface area (Å²) in [5.74, 6) is -0.871. The van der Waals surface area contributed by atoms with E-state index in [9.17, 15) is 9.18 Å². The Morgan fingerprint density at radius 3 is 2.80 bits per heavy atom. The van der Waals surface area contributed by atoms with Gasteiger partial charge in [0.15, 0.2) is 0 Å². The second-order valence-corrected chi connectivity index (χ2v) is 3.43. The molecule has 0 aliphatic rings. The number of methoxy groups -OCH3 is 1. The molecule has 1 atom stereocenters. The van der Waals surface area contributed by atoms with Crippen molar-refractivity contribution >= 4 is 5.97 Å². The number of nitrogens with two attached hydrogens (primary N) is 1. The summed E-state index contributed by atoms with van der Waals surface area (Å²) >= 11 is 0. The van der Waals surface area contributed by atoms with Crippen LogP contribution in [0.2, 0.25) is 0 Å². The van der Waals surface area contributed by atoms with Crippen molar-refractivity contribution in [2.75, 3.05) is 7.11 Å². The highest BCUT2D eigenvalue weighted by molar-refractivity contribution is 5.75. The Hall–Kier alpha value is -1.42. The fourth-order valence-corrected chi connectivity index (χ4v) is 1.29. The molecule has 3 nitrogen and oxygen atoms in total. The summed E-state index contributed by atoms with van der Waals surface area (Å²) in [5.41, 5.74) is 6.79. The van der Waals surface area contributed by atoms with Crippen LogP contribution in [0.1, 0.15) is 11.1 Å². The van der Waals surface area contributed by atoms with E-state index in [1.807, 2.05) is 0 Å². The van der Waals surface area contributed by atoms with Crippen LogP contribution in [0.25, 0.3) is 0 Å². The standard InChI is InChI=1S/C11H14FNO2/c1-7-3-4-8(9(12)5-7)6-10(13)11(14)15-2/h3-5,10H,6,13H2,1-2H3. The Balaban J connectivity index is 2.76. The smallest absolute Gasteiger partial charge is 0.322 e. The van der Waals surface area contributed by atoms with E-state index in [2.05, 4.69) is 4.74 Å². The SMILES string of the molecule is COC(=O)C(N)Cc1ccc(C)cc1F. The highest BCUT2D eigenvalue weighted by atomic mass is 19.1. The Kier molecular flexibility index (Phi) is 3.80. The lowest BCUT2D eigenvalue weighted by molar-refractivity contribution is -0.142. The summed E-state index contributed by atoms with van der Waals surface area (Å²) in [4.78, 5) is 11.0. The number of esters is 1. The zero-order valence-corrected chi connectivity index (χ0v) is 8.79. The first-order valence-corrected chi connectivity index (χ1v) is 4.63. The predicted octanol–water partition coefficient (Wildman–Crippen LogP) is 1.18. The van der Waals surface area contributed by atoms with Gasteiger partial charge in [-0.2, -0.15) is 0 Å². The third-order valence-corrected chi connectivity index (χ3v) is 2.15. The molecule has 0 saturated carbocycles. The Morgan fingerprint density at radius 1 is 1.60 bits per heavy atom. The number of hydrogen-bond acceptors (Lipinski definition) is 3. The lowest BCUT2D eigenvalue weighted by Crippen LogP contribution is -2.33. The highest BCUT2D eigenvalue weighted by Crippen LogP contribution is 2.11. The fraction of sp³-hybridized carbons (Fsp3) is 0.364. The van der Waals surface area contributed by atoms with Gasteiger partial charge in [-0.25, -0.2) is 4.39 Å². The van der Waals surface area contributed by atoms with Crippen molar-refractivity contribution < 1.29 is 13.9 Å². The molecule has 2 N–H and O–H groups in total. The quantitative estimate of drug-likeness (QED) is 0.764. The van der Waals surface area contributed by atoms with Gasteiger partial charge >= 0.3 is 5.97 Å². The maximum absolute atomic E-state index is 13.4. The minimum absolute atomic E-state index is 0.152. The molecule has 82 valence electrons. The van der Waals surface area contributed by atoms with Crippen LogP contribution in [0.3, 0.4) is 0 Å². The maximum atomic E-state index is 13.4. The predicted molar refractivity (Wildman–Crippen MR) is 54.8 cm³/mol. The van der Waals surface area contributed by atoms with E-state index in [1.54, 1.807) is 19.1 Å². The second kappa shape index (κ2) is 4.89. The van der Waals surface area contributed by atoms with Crippen LogP contribution < -0.4 is 5.73 Å². The third kappa shape index (κ3) is 3.02. The summed E-state index contributed by atoms with van der Waals surface area (Å²) in [7, 11) is 1.26. The van der Waals surface area contributed by atoms with Crippen molar-refractivity contribution in [3.05, 3.63) is 35.1 Å². The van der Waals surface area contributed by atoms with Gasteiger partial charge < -0.3 is 10.5 Å². The van der Waals surface area contributed by atoms with Crippen LogP contribution in [0.4, 0.5) is 4.39 Å². The molecule has 15 heavy (non-hydrogen) atoms. The van der Waals surface area contributed by atoms with Crippen molar-refractivity contribution in [3.63, 3.8) is 0 Å². The minimum atomic E-state index is -0.813. The molecule has 0 amide bonds. The van der Waals surface area contributed by atoms with E-state index >= 15 is 0 Å². The molecule has 0 saturated heterocycles. The van der Waals surface area contributed by atoms with Crippen molar-refractivity contribution in [1.82, 2.24) is 0 Å². The molecule has 1 aromatic carbocycles. The van der Waals surface area contributed by atoms with Crippen LogP contribution in [0, 0.1) is 12.7 Å². The summed E-state index contributed by atoms with van der Waals surface area (Å²) in [6.45, 7) is 1.80. The summed E-state index contributed by atoms with van der Waals surface area (Å²) in [6.07, 6.45) is 0.152. The van der Waals surface area contributed by atoms with E-state index in [0.717, 1.165) is 5.56 Å². The first kappa shape index (κ1) is 11.7. The average molecular weight is 211 g/mol. The minimum Gasteiger partial charge on any atom is -0.468 e. The number of halogens is 1. The summed E-state index contributed by atoms with van der Waals surface area (Å²) in [5, 5.41) is 0. The zero-order valence-electron chi connectivity index (χ0n) is 8.79. The number of rotatable bonds is 3. The molecular formula is C11H14FNO2. The van der Waals surface area contributed by atoms with Gasteiger partial charge in [0, 0.05) is 6.42 Å². The zero-order chi connectivity index (χ0) is 11.4. The van der Waals surface area contributed by atoms with Crippen LogP contribution in [0.15, 0.2) is 18.2 Å². The molecule has 0 bridgehead atoms. The number of hydrogen-bond donors (Lipinski definition) is 1. The van der Waals surface area contributed by atoms with Gasteiger partial charge in [0.2, 0.25) is 0 Å². The van der Waals surface area contributed by atoms with E-state index in [1.165, 1.54) is 13.2 Å². The molecule has 0 heterocycles. The average Bonchev–Trinajstić information content (AvgIpc) is 2.20. The van der Waals surface area contributed by atoms with E-state index in [-0.39, 0.29) is 12.2 Å². The Morgan fingerprint density at radius 2 is 2.27 bits per heavy atom. The highest BCUT2D eigenvalue weighted by Gasteiger charge is 2.16. The summed E-state index contributed by atoms with van der Waals surface area (Å²) in [6, 6.07) is 4.02.